The predicted molar refractivity (Wildman–Crippen MR) is 135 cm³/mol. The molecule has 180 valence electrons. The third-order valence-electron chi connectivity index (χ3n) is 6.32. The number of aromatic nitrogens is 2. The number of amides is 2. The van der Waals surface area contributed by atoms with Gasteiger partial charge in [0, 0.05) is 73.9 Å². The maximum atomic E-state index is 12.2. The second kappa shape index (κ2) is 10.7. The summed E-state index contributed by atoms with van der Waals surface area (Å²) in [7, 11) is 0. The summed E-state index contributed by atoms with van der Waals surface area (Å²) >= 11 is 0. The van der Waals surface area contributed by atoms with Crippen LogP contribution in [0.3, 0.4) is 0 Å². The standard InChI is InChI=1S/C27H29N5O3/c33-26(29-10-11-32-12-14-35-15-13-32)5-4-19-2-1-3-20(16-19)24-17-21(6-8-28-24)25-18-22-23(31-25)7-9-30-27(22)34/h1-6,8,16-18,31H,7,9-15H2,(H,29,33)(H,30,34)/b5-4+. The van der Waals surface area contributed by atoms with E-state index >= 15 is 0 Å². The number of nitrogens with one attached hydrogen (secondary N) is 3. The number of hydrogen-bond donors (Lipinski definition) is 3. The highest BCUT2D eigenvalue weighted by Crippen LogP contribution is 2.27. The lowest BCUT2D eigenvalue weighted by Gasteiger charge is -2.26. The van der Waals surface area contributed by atoms with Crippen LogP contribution in [0.4, 0.5) is 0 Å². The first-order valence-corrected chi connectivity index (χ1v) is 12.0. The van der Waals surface area contributed by atoms with Gasteiger partial charge in [-0.25, -0.2) is 0 Å². The van der Waals surface area contributed by atoms with Crippen molar-refractivity contribution in [1.82, 2.24) is 25.5 Å². The molecule has 8 heteroatoms. The number of pyridine rings is 1. The number of ether oxygens (including phenoxy) is 1. The summed E-state index contributed by atoms with van der Waals surface area (Å²) < 4.78 is 5.35. The minimum atomic E-state index is -0.108. The molecule has 1 fully saturated rings. The van der Waals surface area contributed by atoms with Gasteiger partial charge in [0.05, 0.1) is 24.5 Å². The summed E-state index contributed by atoms with van der Waals surface area (Å²) in [5.74, 6) is -0.142. The molecule has 5 rings (SSSR count). The van der Waals surface area contributed by atoms with Gasteiger partial charge in [-0.2, -0.15) is 0 Å². The molecule has 1 saturated heterocycles. The fourth-order valence-corrected chi connectivity index (χ4v) is 4.40. The Morgan fingerprint density at radius 3 is 2.89 bits per heavy atom. The van der Waals surface area contributed by atoms with Crippen molar-refractivity contribution in [3.8, 4) is 22.5 Å². The number of fused-ring (bicyclic) bond motifs is 1. The molecule has 2 aromatic heterocycles. The minimum absolute atomic E-state index is 0.0346. The van der Waals surface area contributed by atoms with E-state index in [0.717, 1.165) is 73.0 Å². The molecule has 2 aliphatic heterocycles. The van der Waals surface area contributed by atoms with Gasteiger partial charge in [-0.1, -0.05) is 18.2 Å². The maximum Gasteiger partial charge on any atom is 0.253 e. The quantitative estimate of drug-likeness (QED) is 0.460. The van der Waals surface area contributed by atoms with Gasteiger partial charge in [0.25, 0.3) is 5.91 Å². The summed E-state index contributed by atoms with van der Waals surface area (Å²) in [4.78, 5) is 34.6. The number of carbonyl (C=O) groups is 2. The molecule has 0 atom stereocenters. The smallest absolute Gasteiger partial charge is 0.253 e. The van der Waals surface area contributed by atoms with E-state index in [1.807, 2.05) is 48.5 Å². The molecular weight excluding hydrogens is 442 g/mol. The van der Waals surface area contributed by atoms with Gasteiger partial charge in [-0.05, 0) is 35.9 Å². The molecular formula is C27H29N5O3. The van der Waals surface area contributed by atoms with Gasteiger partial charge in [-0.15, -0.1) is 0 Å². The van der Waals surface area contributed by atoms with Gasteiger partial charge in [0.2, 0.25) is 5.91 Å². The number of H-pyrrole nitrogens is 1. The second-order valence-corrected chi connectivity index (χ2v) is 8.71. The molecule has 0 aliphatic carbocycles. The third-order valence-corrected chi connectivity index (χ3v) is 6.32. The van der Waals surface area contributed by atoms with Crippen molar-refractivity contribution in [3.05, 3.63) is 71.6 Å². The van der Waals surface area contributed by atoms with Gasteiger partial charge in [0.1, 0.15) is 0 Å². The highest BCUT2D eigenvalue weighted by Gasteiger charge is 2.20. The molecule has 2 amide bonds. The Morgan fingerprint density at radius 2 is 2.03 bits per heavy atom. The van der Waals surface area contributed by atoms with E-state index in [9.17, 15) is 9.59 Å². The zero-order chi connectivity index (χ0) is 24.0. The number of aromatic amines is 1. The van der Waals surface area contributed by atoms with E-state index in [2.05, 4.69) is 25.5 Å². The van der Waals surface area contributed by atoms with Crippen LogP contribution in [-0.4, -0.2) is 72.6 Å². The van der Waals surface area contributed by atoms with E-state index in [1.54, 1.807) is 12.3 Å². The summed E-state index contributed by atoms with van der Waals surface area (Å²) in [5.41, 5.74) is 6.25. The van der Waals surface area contributed by atoms with Crippen LogP contribution in [0, 0.1) is 0 Å². The molecule has 3 N–H and O–H groups in total. The minimum Gasteiger partial charge on any atom is -0.379 e. The Bertz CT molecular complexity index is 1240. The molecule has 0 spiro atoms. The fourth-order valence-electron chi connectivity index (χ4n) is 4.40. The first kappa shape index (κ1) is 23.0. The summed E-state index contributed by atoms with van der Waals surface area (Å²) in [6.07, 6.45) is 5.95. The van der Waals surface area contributed by atoms with Crippen LogP contribution >= 0.6 is 0 Å². The molecule has 0 radical (unpaired) electrons. The SMILES string of the molecule is O=C(/C=C/c1cccc(-c2cc(-c3cc4c([nH]3)CCNC4=O)ccn2)c1)NCCN1CCOCC1. The van der Waals surface area contributed by atoms with E-state index in [-0.39, 0.29) is 11.8 Å². The van der Waals surface area contributed by atoms with E-state index in [4.69, 9.17) is 4.74 Å². The predicted octanol–water partition coefficient (Wildman–Crippen LogP) is 2.49. The Hall–Kier alpha value is -3.75. The van der Waals surface area contributed by atoms with Gasteiger partial charge < -0.3 is 20.4 Å². The van der Waals surface area contributed by atoms with Gasteiger partial charge in [0.15, 0.2) is 0 Å². The Balaban J connectivity index is 1.24. The number of morpholine rings is 1. The highest BCUT2D eigenvalue weighted by atomic mass is 16.5. The third kappa shape index (κ3) is 5.67. The maximum absolute atomic E-state index is 12.2. The molecule has 0 unspecified atom stereocenters. The normalized spacial score (nSPS) is 16.2. The Kier molecular flexibility index (Phi) is 7.02. The van der Waals surface area contributed by atoms with Crippen molar-refractivity contribution in [3.63, 3.8) is 0 Å². The first-order valence-electron chi connectivity index (χ1n) is 12.0. The Morgan fingerprint density at radius 1 is 1.14 bits per heavy atom. The van der Waals surface area contributed by atoms with Crippen molar-refractivity contribution in [2.45, 2.75) is 6.42 Å². The summed E-state index contributed by atoms with van der Waals surface area (Å²) in [6.45, 7) is 5.43. The molecule has 8 nitrogen and oxygen atoms in total. The zero-order valence-corrected chi connectivity index (χ0v) is 19.5. The number of benzene rings is 1. The van der Waals surface area contributed by atoms with Crippen LogP contribution in [0.2, 0.25) is 0 Å². The van der Waals surface area contributed by atoms with Crippen molar-refractivity contribution >= 4 is 17.9 Å². The van der Waals surface area contributed by atoms with E-state index in [0.29, 0.717) is 18.7 Å². The zero-order valence-electron chi connectivity index (χ0n) is 19.5. The van der Waals surface area contributed by atoms with E-state index < -0.39 is 0 Å². The van der Waals surface area contributed by atoms with Crippen LogP contribution in [0.5, 0.6) is 0 Å². The first-order chi connectivity index (χ1) is 17.2. The van der Waals surface area contributed by atoms with Crippen LogP contribution < -0.4 is 10.6 Å². The lowest BCUT2D eigenvalue weighted by Crippen LogP contribution is -2.41. The van der Waals surface area contributed by atoms with Crippen molar-refractivity contribution in [1.29, 1.82) is 0 Å². The van der Waals surface area contributed by atoms with Crippen LogP contribution in [0.1, 0.15) is 21.6 Å². The molecule has 3 aromatic rings. The van der Waals surface area contributed by atoms with Gasteiger partial charge >= 0.3 is 0 Å². The topological polar surface area (TPSA) is 99.3 Å². The average molecular weight is 472 g/mol. The largest absolute Gasteiger partial charge is 0.379 e. The molecule has 35 heavy (non-hydrogen) atoms. The van der Waals surface area contributed by atoms with Crippen LogP contribution in [0.15, 0.2) is 54.7 Å². The molecule has 1 aromatic carbocycles. The molecule has 2 aliphatic rings. The lowest BCUT2D eigenvalue weighted by atomic mass is 10.0. The van der Waals surface area contributed by atoms with E-state index in [1.165, 1.54) is 0 Å². The summed E-state index contributed by atoms with van der Waals surface area (Å²) in [6, 6.07) is 13.8. The number of rotatable bonds is 7. The Labute approximate surface area is 204 Å². The van der Waals surface area contributed by atoms with Crippen LogP contribution in [0.25, 0.3) is 28.6 Å². The number of carbonyl (C=O) groups excluding carboxylic acids is 2. The van der Waals surface area contributed by atoms with Gasteiger partial charge in [-0.3, -0.25) is 19.5 Å². The number of nitrogens with zero attached hydrogens (tertiary/aromatic N) is 2. The number of hydrogen-bond acceptors (Lipinski definition) is 5. The average Bonchev–Trinajstić information content (AvgIpc) is 3.34. The second-order valence-electron chi connectivity index (χ2n) is 8.71. The lowest BCUT2D eigenvalue weighted by molar-refractivity contribution is -0.116. The molecule has 4 heterocycles. The highest BCUT2D eigenvalue weighted by molar-refractivity contribution is 5.98. The van der Waals surface area contributed by atoms with Crippen molar-refractivity contribution in [2.75, 3.05) is 45.9 Å². The molecule has 0 saturated carbocycles. The molecule has 0 bridgehead atoms. The fraction of sp³-hybridized carbons (Fsp3) is 0.296. The monoisotopic (exact) mass is 471 g/mol. The van der Waals surface area contributed by atoms with Crippen molar-refractivity contribution in [2.24, 2.45) is 0 Å². The van der Waals surface area contributed by atoms with Crippen molar-refractivity contribution < 1.29 is 14.3 Å². The van der Waals surface area contributed by atoms with Crippen LogP contribution in [-0.2, 0) is 16.0 Å². The summed E-state index contributed by atoms with van der Waals surface area (Å²) in [5, 5.41) is 5.82.